The van der Waals surface area contributed by atoms with E-state index in [1.807, 2.05) is 58.8 Å². The van der Waals surface area contributed by atoms with Crippen molar-refractivity contribution in [1.82, 2.24) is 29.2 Å². The number of nitrogen functional groups attached to an aromatic ring is 1. The fourth-order valence-electron chi connectivity index (χ4n) is 5.64. The molecule has 3 N–H and O–H groups in total. The lowest BCUT2D eigenvalue weighted by Gasteiger charge is -2.34. The molecule has 0 radical (unpaired) electrons. The number of ether oxygens (including phenoxy) is 1. The quantitative estimate of drug-likeness (QED) is 0.251. The van der Waals surface area contributed by atoms with Gasteiger partial charge in [0.15, 0.2) is 0 Å². The van der Waals surface area contributed by atoms with Crippen molar-refractivity contribution in [1.29, 1.82) is 0 Å². The molecule has 0 bridgehead atoms. The first kappa shape index (κ1) is 30.7. The summed E-state index contributed by atoms with van der Waals surface area (Å²) in [6, 6.07) is 8.92. The Kier molecular flexibility index (Phi) is 9.54. The highest BCUT2D eigenvalue weighted by atomic mass is 16.5. The van der Waals surface area contributed by atoms with Crippen LogP contribution in [0.5, 0.6) is 5.75 Å². The molecule has 44 heavy (non-hydrogen) atoms. The van der Waals surface area contributed by atoms with Crippen LogP contribution in [-0.2, 0) is 11.2 Å². The number of carbonyl (C=O) groups excluding carboxylic acids is 2. The van der Waals surface area contributed by atoms with E-state index >= 15 is 0 Å². The number of anilines is 2. The van der Waals surface area contributed by atoms with E-state index in [0.29, 0.717) is 52.8 Å². The number of nitrogens with zero attached hydrogens (tertiary/aromatic N) is 6. The van der Waals surface area contributed by atoms with Gasteiger partial charge in [-0.15, -0.1) is 0 Å². The predicted molar refractivity (Wildman–Crippen MR) is 172 cm³/mol. The largest absolute Gasteiger partial charge is 0.496 e. The molecule has 11 heteroatoms. The number of pyridine rings is 1. The number of piperidine rings is 1. The van der Waals surface area contributed by atoms with E-state index in [0.717, 1.165) is 43.5 Å². The molecule has 5 rings (SSSR count). The summed E-state index contributed by atoms with van der Waals surface area (Å²) < 4.78 is 7.60. The number of methoxy groups -OCH3 is 1. The number of benzene rings is 1. The first-order chi connectivity index (χ1) is 21.3. The summed E-state index contributed by atoms with van der Waals surface area (Å²) in [5.41, 5.74) is 9.85. The molecule has 0 aliphatic carbocycles. The molecule has 1 aromatic carbocycles. The second kappa shape index (κ2) is 13.7. The van der Waals surface area contributed by atoms with Crippen LogP contribution in [0.4, 0.5) is 11.6 Å². The number of hydrogen-bond donors (Lipinski definition) is 2. The Morgan fingerprint density at radius 3 is 2.77 bits per heavy atom. The number of imidazole rings is 1. The highest BCUT2D eigenvalue weighted by Gasteiger charge is 2.32. The molecule has 1 atom stereocenters. The van der Waals surface area contributed by atoms with E-state index in [4.69, 9.17) is 15.5 Å². The Morgan fingerprint density at radius 2 is 2.00 bits per heavy atom. The molecule has 11 nitrogen and oxygen atoms in total. The average Bonchev–Trinajstić information content (AvgIpc) is 3.41. The van der Waals surface area contributed by atoms with Crippen molar-refractivity contribution in [3.05, 3.63) is 78.0 Å². The minimum atomic E-state index is -0.329. The van der Waals surface area contributed by atoms with Gasteiger partial charge in [0.2, 0.25) is 5.91 Å². The number of rotatable bonds is 10. The van der Waals surface area contributed by atoms with Crippen molar-refractivity contribution in [3.8, 4) is 17.0 Å². The molecule has 230 valence electrons. The van der Waals surface area contributed by atoms with Gasteiger partial charge in [-0.1, -0.05) is 25.5 Å². The summed E-state index contributed by atoms with van der Waals surface area (Å²) >= 11 is 0. The van der Waals surface area contributed by atoms with Crippen LogP contribution in [0.25, 0.3) is 16.8 Å². The van der Waals surface area contributed by atoms with Crippen LogP contribution in [0, 0.1) is 0 Å². The van der Waals surface area contributed by atoms with Gasteiger partial charge in [-0.25, -0.2) is 15.0 Å². The number of aryl methyl sites for hydroxylation is 1. The summed E-state index contributed by atoms with van der Waals surface area (Å²) in [5.74, 6) is 1.54. The Bertz CT molecular complexity index is 1680. The molecular formula is C33H40N8O3. The summed E-state index contributed by atoms with van der Waals surface area (Å²) in [6.45, 7) is 3.44. The SMILES string of the molecule is CCCc1ccnc(NC(=O)c2ccc(-c3nc(C4CCCCN4C(=O)C=CCN(C)C)n4ccnc(N)c34)cc2OC)c1. The minimum absolute atomic E-state index is 0.0383. The highest BCUT2D eigenvalue weighted by Crippen LogP contribution is 2.37. The number of likely N-dealkylation sites (tertiary alicyclic amines) is 1. The molecule has 2 amide bonds. The van der Waals surface area contributed by atoms with Crippen LogP contribution in [0.15, 0.2) is 61.1 Å². The molecule has 0 spiro atoms. The number of carbonyl (C=O) groups is 2. The first-order valence-corrected chi connectivity index (χ1v) is 15.0. The van der Waals surface area contributed by atoms with Gasteiger partial charge in [-0.3, -0.25) is 14.0 Å². The van der Waals surface area contributed by atoms with Crippen LogP contribution < -0.4 is 15.8 Å². The van der Waals surface area contributed by atoms with Gasteiger partial charge < -0.3 is 25.6 Å². The molecule has 0 saturated carbocycles. The molecule has 1 unspecified atom stereocenters. The van der Waals surface area contributed by atoms with Gasteiger partial charge in [-0.2, -0.15) is 0 Å². The molecule has 4 aromatic rings. The number of aromatic nitrogens is 4. The summed E-state index contributed by atoms with van der Waals surface area (Å²) in [4.78, 5) is 44.2. The smallest absolute Gasteiger partial charge is 0.260 e. The Hall–Kier alpha value is -4.77. The van der Waals surface area contributed by atoms with Crippen molar-refractivity contribution in [2.24, 2.45) is 0 Å². The zero-order valence-electron chi connectivity index (χ0n) is 25.8. The van der Waals surface area contributed by atoms with Gasteiger partial charge in [0.25, 0.3) is 5.91 Å². The fourth-order valence-corrected chi connectivity index (χ4v) is 5.64. The van der Waals surface area contributed by atoms with Gasteiger partial charge in [0.1, 0.15) is 34.4 Å². The lowest BCUT2D eigenvalue weighted by Crippen LogP contribution is -2.38. The van der Waals surface area contributed by atoms with Gasteiger partial charge in [0, 0.05) is 43.3 Å². The normalized spacial score (nSPS) is 15.3. The molecule has 1 aliphatic heterocycles. The fraction of sp³-hybridized carbons (Fsp3) is 0.364. The van der Waals surface area contributed by atoms with Crippen molar-refractivity contribution in [3.63, 3.8) is 0 Å². The monoisotopic (exact) mass is 596 g/mol. The standard InChI is InChI=1S/C33H40N8O3/c1-5-9-22-14-15-35-27(20-22)37-33(43)24-13-12-23(21-26(24)44-4)29-30-31(34)36-16-19-41(30)32(38-29)25-10-6-7-18-40(25)28(42)11-8-17-39(2)3/h8,11-16,19-21,25H,5-7,9-10,17-18H2,1-4H3,(H2,34,36)(H,35,37,43). The minimum Gasteiger partial charge on any atom is -0.496 e. The maximum absolute atomic E-state index is 13.3. The van der Waals surface area contributed by atoms with Crippen LogP contribution >= 0.6 is 0 Å². The summed E-state index contributed by atoms with van der Waals surface area (Å²) in [7, 11) is 5.46. The van der Waals surface area contributed by atoms with Crippen LogP contribution in [0.1, 0.15) is 60.4 Å². The third-order valence-corrected chi connectivity index (χ3v) is 7.75. The second-order valence-corrected chi connectivity index (χ2v) is 11.2. The Labute approximate surface area is 257 Å². The van der Waals surface area contributed by atoms with Gasteiger partial charge in [0.05, 0.1) is 18.7 Å². The molecule has 1 aliphatic rings. The van der Waals surface area contributed by atoms with Gasteiger partial charge in [-0.05, 0) is 69.6 Å². The van der Waals surface area contributed by atoms with Crippen molar-refractivity contribution < 1.29 is 14.3 Å². The lowest BCUT2D eigenvalue weighted by molar-refractivity contribution is -0.130. The first-order valence-electron chi connectivity index (χ1n) is 15.0. The van der Waals surface area contributed by atoms with Crippen LogP contribution in [0.3, 0.4) is 0 Å². The third kappa shape index (κ3) is 6.57. The number of amides is 2. The zero-order valence-corrected chi connectivity index (χ0v) is 25.8. The molecule has 4 heterocycles. The number of nitrogens with one attached hydrogen (secondary N) is 1. The summed E-state index contributed by atoms with van der Waals surface area (Å²) in [5, 5.41) is 2.89. The topological polar surface area (TPSA) is 131 Å². The maximum atomic E-state index is 13.3. The number of likely N-dealkylation sites (N-methyl/N-ethyl adjacent to an activating group) is 1. The van der Waals surface area contributed by atoms with Crippen molar-refractivity contribution in [2.45, 2.75) is 45.1 Å². The maximum Gasteiger partial charge on any atom is 0.260 e. The third-order valence-electron chi connectivity index (χ3n) is 7.75. The molecule has 3 aromatic heterocycles. The predicted octanol–water partition coefficient (Wildman–Crippen LogP) is 4.76. The zero-order chi connectivity index (χ0) is 31.2. The Balaban J connectivity index is 1.50. The Morgan fingerprint density at radius 1 is 1.16 bits per heavy atom. The van der Waals surface area contributed by atoms with E-state index in [9.17, 15) is 9.59 Å². The van der Waals surface area contributed by atoms with Gasteiger partial charge >= 0.3 is 0 Å². The number of nitrogens with two attached hydrogens (primary N) is 1. The summed E-state index contributed by atoms with van der Waals surface area (Å²) in [6.07, 6.45) is 13.3. The second-order valence-electron chi connectivity index (χ2n) is 11.2. The molecule has 1 fully saturated rings. The highest BCUT2D eigenvalue weighted by molar-refractivity contribution is 6.06. The van der Waals surface area contributed by atoms with E-state index in [1.54, 1.807) is 30.6 Å². The van der Waals surface area contributed by atoms with E-state index in [-0.39, 0.29) is 17.9 Å². The van der Waals surface area contributed by atoms with Crippen molar-refractivity contribution >= 4 is 29.0 Å². The average molecular weight is 597 g/mol. The number of fused-ring (bicyclic) bond motifs is 1. The van der Waals surface area contributed by atoms with E-state index in [2.05, 4.69) is 22.2 Å². The lowest BCUT2D eigenvalue weighted by atomic mass is 10.0. The van der Waals surface area contributed by atoms with Crippen LogP contribution in [0.2, 0.25) is 0 Å². The van der Waals surface area contributed by atoms with Crippen molar-refractivity contribution in [2.75, 3.05) is 45.3 Å². The van der Waals surface area contributed by atoms with E-state index < -0.39 is 0 Å². The molecule has 1 saturated heterocycles. The van der Waals surface area contributed by atoms with Crippen LogP contribution in [-0.4, -0.2) is 75.3 Å². The van der Waals surface area contributed by atoms with E-state index in [1.165, 1.54) is 7.11 Å². The molecular weight excluding hydrogens is 556 g/mol. The number of hydrogen-bond acceptors (Lipinski definition) is 8.